The highest BCUT2D eigenvalue weighted by Gasteiger charge is 2.27. The Morgan fingerprint density at radius 1 is 0.756 bits per heavy atom. The molecule has 5 heteroatoms. The van der Waals surface area contributed by atoms with Crippen molar-refractivity contribution in [3.63, 3.8) is 0 Å². The SMILES string of the molecule is C=C/C=C(C=C)/C=C/c1cc(OSc2ccco2)ccc1N=P(c1ccccc1)(c1ccccc1)c1ccccc1. The van der Waals surface area contributed by atoms with Crippen LogP contribution in [0, 0.1) is 0 Å². The zero-order valence-corrected chi connectivity index (χ0v) is 24.3. The third-order valence-corrected chi connectivity index (χ3v) is 10.7. The van der Waals surface area contributed by atoms with Gasteiger partial charge in [0.05, 0.1) is 19.0 Å². The van der Waals surface area contributed by atoms with Crippen LogP contribution in [0.15, 0.2) is 185 Å². The van der Waals surface area contributed by atoms with Crippen molar-refractivity contribution >= 4 is 46.8 Å². The van der Waals surface area contributed by atoms with Crippen molar-refractivity contribution in [2.75, 3.05) is 0 Å². The predicted octanol–water partition coefficient (Wildman–Crippen LogP) is 9.49. The Kier molecular flexibility index (Phi) is 9.38. The summed E-state index contributed by atoms with van der Waals surface area (Å²) < 4.78 is 17.2. The van der Waals surface area contributed by atoms with E-state index < -0.39 is 7.05 Å². The van der Waals surface area contributed by atoms with Crippen molar-refractivity contribution in [1.82, 2.24) is 0 Å². The van der Waals surface area contributed by atoms with Gasteiger partial charge in [0, 0.05) is 21.5 Å². The second-order valence-corrected chi connectivity index (χ2v) is 12.8. The molecule has 3 nitrogen and oxygen atoms in total. The maximum absolute atomic E-state index is 6.02. The lowest BCUT2D eigenvalue weighted by Crippen LogP contribution is -2.25. The Hall–Kier alpha value is -4.50. The quantitative estimate of drug-likeness (QED) is 0.0900. The van der Waals surface area contributed by atoms with Crippen LogP contribution in [0.5, 0.6) is 5.75 Å². The van der Waals surface area contributed by atoms with Crippen LogP contribution in [0.2, 0.25) is 0 Å². The summed E-state index contributed by atoms with van der Waals surface area (Å²) in [5, 5.41) is 4.22. The molecule has 1 aromatic heterocycles. The molecule has 41 heavy (non-hydrogen) atoms. The van der Waals surface area contributed by atoms with Crippen LogP contribution in [-0.2, 0) is 0 Å². The largest absolute Gasteiger partial charge is 0.455 e. The van der Waals surface area contributed by atoms with E-state index in [1.807, 2.05) is 60.7 Å². The molecular formula is C36H30NO2PS. The van der Waals surface area contributed by atoms with Gasteiger partial charge in [-0.1, -0.05) is 135 Å². The second-order valence-electron chi connectivity index (χ2n) is 9.00. The fraction of sp³-hybridized carbons (Fsp3) is 0. The smallest absolute Gasteiger partial charge is 0.199 e. The summed E-state index contributed by atoms with van der Waals surface area (Å²) in [5.74, 6) is 0.695. The molecule has 0 fully saturated rings. The molecule has 0 saturated heterocycles. The van der Waals surface area contributed by atoms with Crippen LogP contribution in [0.4, 0.5) is 5.69 Å². The third-order valence-electron chi connectivity index (χ3n) is 6.36. The van der Waals surface area contributed by atoms with Gasteiger partial charge in [-0.3, -0.25) is 4.74 Å². The molecule has 5 aromatic rings. The molecule has 0 N–H and O–H groups in total. The number of rotatable bonds is 11. The Balaban J connectivity index is 1.75. The number of nitrogens with zero attached hydrogens (tertiary/aromatic N) is 1. The Bertz CT molecular complexity index is 1600. The fourth-order valence-corrected chi connectivity index (χ4v) is 8.50. The van der Waals surface area contributed by atoms with Crippen molar-refractivity contribution in [3.8, 4) is 5.75 Å². The molecule has 0 amide bonds. The van der Waals surface area contributed by atoms with Crippen LogP contribution in [0.3, 0.4) is 0 Å². The van der Waals surface area contributed by atoms with Gasteiger partial charge in [-0.2, -0.15) is 0 Å². The van der Waals surface area contributed by atoms with Crippen LogP contribution in [0.1, 0.15) is 5.56 Å². The molecule has 0 saturated carbocycles. The summed E-state index contributed by atoms with van der Waals surface area (Å²) in [5.41, 5.74) is 2.73. The van der Waals surface area contributed by atoms with Crippen molar-refractivity contribution in [2.45, 2.75) is 5.09 Å². The minimum atomic E-state index is -2.46. The molecule has 0 aliphatic carbocycles. The van der Waals surface area contributed by atoms with Crippen LogP contribution in [-0.4, -0.2) is 0 Å². The maximum Gasteiger partial charge on any atom is 0.199 e. The van der Waals surface area contributed by atoms with Crippen molar-refractivity contribution < 1.29 is 8.60 Å². The Morgan fingerprint density at radius 2 is 1.37 bits per heavy atom. The second kappa shape index (κ2) is 13.7. The minimum absolute atomic E-state index is 0.681. The molecule has 5 rings (SSSR count). The maximum atomic E-state index is 6.02. The van der Waals surface area contributed by atoms with Crippen LogP contribution in [0.25, 0.3) is 6.08 Å². The number of benzene rings is 4. The lowest BCUT2D eigenvalue weighted by molar-refractivity contribution is 0.463. The monoisotopic (exact) mass is 571 g/mol. The van der Waals surface area contributed by atoms with Gasteiger partial charge in [-0.25, -0.2) is 0 Å². The van der Waals surface area contributed by atoms with Gasteiger partial charge in [0.25, 0.3) is 0 Å². The van der Waals surface area contributed by atoms with E-state index in [0.717, 1.165) is 16.8 Å². The summed E-state index contributed by atoms with van der Waals surface area (Å²) in [6.07, 6.45) is 11.2. The highest BCUT2D eigenvalue weighted by atomic mass is 32.2. The molecule has 0 unspecified atom stereocenters. The summed E-state index contributed by atoms with van der Waals surface area (Å²) in [6, 6.07) is 41.5. The first-order chi connectivity index (χ1) is 20.2. The molecule has 0 bridgehead atoms. The summed E-state index contributed by atoms with van der Waals surface area (Å²) in [7, 11) is -2.46. The van der Waals surface area contributed by atoms with E-state index in [1.54, 1.807) is 18.4 Å². The summed E-state index contributed by atoms with van der Waals surface area (Å²) in [4.78, 5) is 0. The van der Waals surface area contributed by atoms with Gasteiger partial charge in [-0.15, -0.1) is 0 Å². The lowest BCUT2D eigenvalue weighted by atomic mass is 10.1. The predicted molar refractivity (Wildman–Crippen MR) is 176 cm³/mol. The Labute approximate surface area is 246 Å². The van der Waals surface area contributed by atoms with Gasteiger partial charge in [0.1, 0.15) is 17.8 Å². The molecule has 1 heterocycles. The van der Waals surface area contributed by atoms with Crippen LogP contribution < -0.4 is 20.1 Å². The van der Waals surface area contributed by atoms with E-state index in [9.17, 15) is 0 Å². The van der Waals surface area contributed by atoms with Gasteiger partial charge in [0.15, 0.2) is 5.09 Å². The number of allylic oxidation sites excluding steroid dienone is 5. The van der Waals surface area contributed by atoms with E-state index in [2.05, 4.69) is 92.0 Å². The molecule has 4 aromatic carbocycles. The van der Waals surface area contributed by atoms with Gasteiger partial charge in [-0.05, 0) is 35.9 Å². The zero-order valence-electron chi connectivity index (χ0n) is 22.5. The molecule has 0 radical (unpaired) electrons. The van der Waals surface area contributed by atoms with Gasteiger partial charge in [0.2, 0.25) is 0 Å². The van der Waals surface area contributed by atoms with E-state index in [4.69, 9.17) is 13.3 Å². The van der Waals surface area contributed by atoms with Crippen molar-refractivity contribution in [2.24, 2.45) is 4.74 Å². The molecule has 0 spiro atoms. The van der Waals surface area contributed by atoms with E-state index in [1.165, 1.54) is 28.0 Å². The minimum Gasteiger partial charge on any atom is -0.455 e. The summed E-state index contributed by atoms with van der Waals surface area (Å²) in [6.45, 7) is 7.77. The third kappa shape index (κ3) is 6.63. The first-order valence-electron chi connectivity index (χ1n) is 13.2. The molecule has 0 aliphatic heterocycles. The van der Waals surface area contributed by atoms with Crippen molar-refractivity contribution in [3.05, 3.63) is 176 Å². The highest BCUT2D eigenvalue weighted by molar-refractivity contribution is 7.94. The topological polar surface area (TPSA) is 34.7 Å². The van der Waals surface area contributed by atoms with E-state index in [0.29, 0.717) is 10.8 Å². The highest BCUT2D eigenvalue weighted by Crippen LogP contribution is 2.50. The van der Waals surface area contributed by atoms with E-state index >= 15 is 0 Å². The zero-order chi connectivity index (χ0) is 28.3. The average molecular weight is 572 g/mol. The fourth-order valence-electron chi connectivity index (χ4n) is 4.44. The first-order valence-corrected chi connectivity index (χ1v) is 15.7. The molecular weight excluding hydrogens is 541 g/mol. The number of hydrogen-bond donors (Lipinski definition) is 0. The number of furan rings is 1. The first kappa shape index (κ1) is 28.0. The standard InChI is InChI=1S/C36H30NO2PS/c1-3-15-29(4-2)23-24-30-28-31(39-41-36-22-14-27-38-36)25-26-35(30)37-40(32-16-8-5-9-17-32,33-18-10-6-11-19-33)34-20-12-7-13-21-34/h3-28H,1-2H2/b24-23+,29-15+. The lowest BCUT2D eigenvalue weighted by Gasteiger charge is -2.27. The Morgan fingerprint density at radius 3 is 1.88 bits per heavy atom. The molecule has 0 aliphatic rings. The van der Waals surface area contributed by atoms with Gasteiger partial charge >= 0.3 is 0 Å². The number of hydrogen-bond acceptors (Lipinski definition) is 4. The van der Waals surface area contributed by atoms with E-state index in [-0.39, 0.29) is 0 Å². The molecule has 202 valence electrons. The average Bonchev–Trinajstić information content (AvgIpc) is 3.57. The normalized spacial score (nSPS) is 11.8. The molecule has 0 atom stereocenters. The van der Waals surface area contributed by atoms with Gasteiger partial charge < -0.3 is 8.60 Å². The summed E-state index contributed by atoms with van der Waals surface area (Å²) >= 11 is 1.18. The van der Waals surface area contributed by atoms with Crippen molar-refractivity contribution in [1.29, 1.82) is 0 Å². The van der Waals surface area contributed by atoms with Crippen LogP contribution >= 0.6 is 19.1 Å².